The summed E-state index contributed by atoms with van der Waals surface area (Å²) in [7, 11) is 1.66. The Morgan fingerprint density at radius 3 is 2.70 bits per heavy atom. The third-order valence-electron chi connectivity index (χ3n) is 1.37. The van der Waals surface area contributed by atoms with Crippen LogP contribution in [0.15, 0.2) is 10.8 Å². The molecule has 0 amide bonds. The van der Waals surface area contributed by atoms with E-state index in [2.05, 4.69) is 0 Å². The largest absolute Gasteiger partial charge is 0.496 e. The summed E-state index contributed by atoms with van der Waals surface area (Å²) < 4.78 is 5.08. The highest BCUT2D eigenvalue weighted by atomic mass is 32.1. The Morgan fingerprint density at radius 2 is 2.30 bits per heavy atom. The van der Waals surface area contributed by atoms with Gasteiger partial charge in [-0.05, 0) is 12.3 Å². The van der Waals surface area contributed by atoms with Crippen LogP contribution in [0.2, 0.25) is 0 Å². The molecule has 56 valence electrons. The Hall–Kier alpha value is -0.540. The first-order valence-corrected chi connectivity index (χ1v) is 4.05. The first-order chi connectivity index (χ1) is 4.75. The Morgan fingerprint density at radius 1 is 1.60 bits per heavy atom. The van der Waals surface area contributed by atoms with Gasteiger partial charge < -0.3 is 10.5 Å². The fraction of sp³-hybridized carbons (Fsp3) is 0.429. The molecule has 1 atom stereocenters. The van der Waals surface area contributed by atoms with Crippen molar-refractivity contribution in [2.75, 3.05) is 7.11 Å². The third-order valence-corrected chi connectivity index (χ3v) is 2.11. The molecule has 0 radical (unpaired) electrons. The first kappa shape index (κ1) is 7.57. The van der Waals surface area contributed by atoms with Crippen molar-refractivity contribution < 1.29 is 4.74 Å². The van der Waals surface area contributed by atoms with E-state index in [0.29, 0.717) is 0 Å². The van der Waals surface area contributed by atoms with Crippen LogP contribution >= 0.6 is 11.3 Å². The summed E-state index contributed by atoms with van der Waals surface area (Å²) in [6, 6.07) is 0.0706. The van der Waals surface area contributed by atoms with Crippen LogP contribution in [-0.2, 0) is 0 Å². The second-order valence-electron chi connectivity index (χ2n) is 2.18. The van der Waals surface area contributed by atoms with Crippen molar-refractivity contribution in [2.24, 2.45) is 5.73 Å². The molecule has 1 rings (SSSR count). The average molecular weight is 157 g/mol. The van der Waals surface area contributed by atoms with E-state index in [1.807, 2.05) is 17.7 Å². The summed E-state index contributed by atoms with van der Waals surface area (Å²) in [5.41, 5.74) is 6.75. The van der Waals surface area contributed by atoms with Crippen molar-refractivity contribution in [3.05, 3.63) is 16.3 Å². The number of nitrogens with two attached hydrogens (primary N) is 1. The Balaban J connectivity index is 2.90. The monoisotopic (exact) mass is 157 g/mol. The summed E-state index contributed by atoms with van der Waals surface area (Å²) in [5.74, 6) is 0.903. The second-order valence-corrected chi connectivity index (χ2v) is 2.93. The Labute approximate surface area is 64.6 Å². The molecule has 2 N–H and O–H groups in total. The van der Waals surface area contributed by atoms with E-state index in [9.17, 15) is 0 Å². The van der Waals surface area contributed by atoms with Gasteiger partial charge in [0, 0.05) is 17.0 Å². The summed E-state index contributed by atoms with van der Waals surface area (Å²) >= 11 is 1.61. The molecule has 0 fully saturated rings. The van der Waals surface area contributed by atoms with Gasteiger partial charge in [-0.15, -0.1) is 11.3 Å². The lowest BCUT2D eigenvalue weighted by Crippen LogP contribution is -2.04. The molecule has 0 aliphatic rings. The maximum Gasteiger partial charge on any atom is 0.134 e. The lowest BCUT2D eigenvalue weighted by molar-refractivity contribution is 0.409. The van der Waals surface area contributed by atoms with Crippen molar-refractivity contribution in [1.29, 1.82) is 0 Å². The number of methoxy groups -OCH3 is 1. The zero-order chi connectivity index (χ0) is 7.56. The number of rotatable bonds is 2. The molecule has 0 aromatic carbocycles. The van der Waals surface area contributed by atoms with Gasteiger partial charge in [0.15, 0.2) is 0 Å². The minimum absolute atomic E-state index is 0.0706. The molecule has 0 saturated carbocycles. The van der Waals surface area contributed by atoms with Crippen LogP contribution in [0.5, 0.6) is 5.75 Å². The second kappa shape index (κ2) is 3.03. The average Bonchev–Trinajstić information content (AvgIpc) is 2.33. The van der Waals surface area contributed by atoms with Gasteiger partial charge in [0.2, 0.25) is 0 Å². The highest BCUT2D eigenvalue weighted by molar-refractivity contribution is 7.08. The van der Waals surface area contributed by atoms with Crippen molar-refractivity contribution >= 4 is 11.3 Å². The van der Waals surface area contributed by atoms with E-state index in [4.69, 9.17) is 10.5 Å². The molecule has 0 unspecified atom stereocenters. The quantitative estimate of drug-likeness (QED) is 0.710. The first-order valence-electron chi connectivity index (χ1n) is 3.11. The number of hydrogen-bond donors (Lipinski definition) is 1. The minimum Gasteiger partial charge on any atom is -0.496 e. The van der Waals surface area contributed by atoms with Crippen LogP contribution in [0.1, 0.15) is 18.5 Å². The molecule has 0 saturated heterocycles. The topological polar surface area (TPSA) is 35.2 Å². The van der Waals surface area contributed by atoms with Crippen LogP contribution in [-0.4, -0.2) is 7.11 Å². The lowest BCUT2D eigenvalue weighted by Gasteiger charge is -2.04. The van der Waals surface area contributed by atoms with Gasteiger partial charge in [-0.2, -0.15) is 0 Å². The van der Waals surface area contributed by atoms with Crippen LogP contribution in [0.25, 0.3) is 0 Å². The Bertz CT molecular complexity index is 207. The molecule has 10 heavy (non-hydrogen) atoms. The van der Waals surface area contributed by atoms with Gasteiger partial charge in [-0.1, -0.05) is 0 Å². The van der Waals surface area contributed by atoms with Crippen LogP contribution in [0.4, 0.5) is 0 Å². The van der Waals surface area contributed by atoms with Crippen molar-refractivity contribution in [3.63, 3.8) is 0 Å². The lowest BCUT2D eigenvalue weighted by atomic mass is 10.2. The van der Waals surface area contributed by atoms with E-state index < -0.39 is 0 Å². The standard InChI is InChI=1S/C7H11NOS/c1-5(8)6-3-10-4-7(6)9-2/h3-5H,8H2,1-2H3/t5-/m0/s1. The van der Waals surface area contributed by atoms with Crippen LogP contribution in [0, 0.1) is 0 Å². The van der Waals surface area contributed by atoms with Crippen LogP contribution in [0.3, 0.4) is 0 Å². The smallest absolute Gasteiger partial charge is 0.134 e. The third kappa shape index (κ3) is 1.30. The van der Waals surface area contributed by atoms with Gasteiger partial charge in [0.25, 0.3) is 0 Å². The molecule has 0 bridgehead atoms. The highest BCUT2D eigenvalue weighted by Crippen LogP contribution is 2.27. The maximum absolute atomic E-state index is 5.66. The number of thiophene rings is 1. The molecule has 2 nitrogen and oxygen atoms in total. The Kier molecular flexibility index (Phi) is 2.29. The van der Waals surface area contributed by atoms with Crippen LogP contribution < -0.4 is 10.5 Å². The van der Waals surface area contributed by atoms with Gasteiger partial charge in [-0.3, -0.25) is 0 Å². The zero-order valence-corrected chi connectivity index (χ0v) is 6.94. The molecular formula is C7H11NOS. The molecule has 0 spiro atoms. The predicted molar refractivity (Wildman–Crippen MR) is 43.5 cm³/mol. The van der Waals surface area contributed by atoms with Gasteiger partial charge >= 0.3 is 0 Å². The fourth-order valence-corrected chi connectivity index (χ4v) is 1.69. The summed E-state index contributed by atoms with van der Waals surface area (Å²) in [4.78, 5) is 0. The van der Waals surface area contributed by atoms with Gasteiger partial charge in [0.05, 0.1) is 7.11 Å². The van der Waals surface area contributed by atoms with E-state index in [1.165, 1.54) is 0 Å². The molecule has 0 aliphatic carbocycles. The molecular weight excluding hydrogens is 146 g/mol. The summed E-state index contributed by atoms with van der Waals surface area (Å²) in [6.07, 6.45) is 0. The van der Waals surface area contributed by atoms with E-state index in [-0.39, 0.29) is 6.04 Å². The summed E-state index contributed by atoms with van der Waals surface area (Å²) in [5, 5.41) is 3.97. The molecule has 3 heteroatoms. The van der Waals surface area contributed by atoms with E-state index >= 15 is 0 Å². The summed E-state index contributed by atoms with van der Waals surface area (Å²) in [6.45, 7) is 1.95. The minimum atomic E-state index is 0.0706. The molecule has 0 aliphatic heterocycles. The fourth-order valence-electron chi connectivity index (χ4n) is 0.793. The molecule has 1 aromatic rings. The van der Waals surface area contributed by atoms with Gasteiger partial charge in [-0.25, -0.2) is 0 Å². The normalized spacial score (nSPS) is 13.1. The van der Waals surface area contributed by atoms with E-state index in [1.54, 1.807) is 18.4 Å². The van der Waals surface area contributed by atoms with Crippen molar-refractivity contribution in [2.45, 2.75) is 13.0 Å². The molecule has 1 aromatic heterocycles. The zero-order valence-electron chi connectivity index (χ0n) is 6.13. The van der Waals surface area contributed by atoms with Crippen molar-refractivity contribution in [1.82, 2.24) is 0 Å². The highest BCUT2D eigenvalue weighted by Gasteiger charge is 2.06. The molecule has 1 heterocycles. The van der Waals surface area contributed by atoms with E-state index in [0.717, 1.165) is 11.3 Å². The van der Waals surface area contributed by atoms with Gasteiger partial charge in [0.1, 0.15) is 5.75 Å². The SMILES string of the molecule is COc1cscc1[C@H](C)N. The van der Waals surface area contributed by atoms with Crippen molar-refractivity contribution in [3.8, 4) is 5.75 Å². The number of hydrogen-bond acceptors (Lipinski definition) is 3. The maximum atomic E-state index is 5.66. The predicted octanol–water partition coefficient (Wildman–Crippen LogP) is 1.78. The number of ether oxygens (including phenoxy) is 1.